The molecule has 138 valence electrons. The van der Waals surface area contributed by atoms with Crippen molar-refractivity contribution in [2.45, 2.75) is 19.9 Å². The van der Waals surface area contributed by atoms with Crippen LogP contribution in [0.4, 0.5) is 0 Å². The van der Waals surface area contributed by atoms with E-state index in [2.05, 4.69) is 28.4 Å². The average Bonchev–Trinajstić information content (AvgIpc) is 2.57. The van der Waals surface area contributed by atoms with Gasteiger partial charge in [0.25, 0.3) is 0 Å². The van der Waals surface area contributed by atoms with Crippen molar-refractivity contribution in [2.75, 3.05) is 46.4 Å². The van der Waals surface area contributed by atoms with Crippen LogP contribution in [0, 0.1) is 0 Å². The van der Waals surface area contributed by atoms with Crippen molar-refractivity contribution in [1.82, 2.24) is 10.2 Å². The summed E-state index contributed by atoms with van der Waals surface area (Å²) < 4.78 is 10.7. The quantitative estimate of drug-likeness (QED) is 0.261. The fourth-order valence-electron chi connectivity index (χ4n) is 2.18. The van der Waals surface area contributed by atoms with Gasteiger partial charge in [0, 0.05) is 38.3 Å². The fraction of sp³-hybridized carbons (Fsp3) is 0.588. The highest BCUT2D eigenvalue weighted by atomic mass is 127. The van der Waals surface area contributed by atoms with Crippen molar-refractivity contribution >= 4 is 41.7 Å². The second-order valence-corrected chi connectivity index (χ2v) is 6.10. The molecule has 0 atom stereocenters. The Morgan fingerprint density at radius 1 is 1.29 bits per heavy atom. The number of thioether (sulfide) groups is 1. The van der Waals surface area contributed by atoms with E-state index in [4.69, 9.17) is 9.47 Å². The number of ether oxygens (including phenoxy) is 2. The van der Waals surface area contributed by atoms with Crippen LogP contribution in [-0.2, 0) is 6.54 Å². The van der Waals surface area contributed by atoms with Gasteiger partial charge in [0.1, 0.15) is 11.5 Å². The Hall–Kier alpha value is -0.830. The molecule has 1 N–H and O–H groups in total. The number of methoxy groups -OCH3 is 2. The van der Waals surface area contributed by atoms with Crippen LogP contribution >= 0.6 is 35.7 Å². The van der Waals surface area contributed by atoms with Crippen LogP contribution in [0.25, 0.3) is 0 Å². The molecule has 0 unspecified atom stereocenters. The fourth-order valence-corrected chi connectivity index (χ4v) is 2.59. The summed E-state index contributed by atoms with van der Waals surface area (Å²) >= 11 is 1.85. The molecule has 0 heterocycles. The molecule has 0 aliphatic carbocycles. The first-order valence-electron chi connectivity index (χ1n) is 7.85. The number of nitrogens with one attached hydrogen (secondary N) is 1. The van der Waals surface area contributed by atoms with E-state index in [9.17, 15) is 0 Å². The molecule has 0 aliphatic rings. The van der Waals surface area contributed by atoms with E-state index in [0.29, 0.717) is 0 Å². The zero-order valence-electron chi connectivity index (χ0n) is 15.3. The molecule has 0 radical (unpaired) electrons. The predicted octanol–water partition coefficient (Wildman–Crippen LogP) is 3.47. The minimum atomic E-state index is 0. The van der Waals surface area contributed by atoms with Gasteiger partial charge in [-0.05, 0) is 37.5 Å². The molecule has 0 aliphatic heterocycles. The van der Waals surface area contributed by atoms with Crippen LogP contribution < -0.4 is 14.8 Å². The zero-order chi connectivity index (χ0) is 17.1. The van der Waals surface area contributed by atoms with Crippen molar-refractivity contribution in [3.05, 3.63) is 23.8 Å². The van der Waals surface area contributed by atoms with Gasteiger partial charge in [-0.25, -0.2) is 0 Å². The highest BCUT2D eigenvalue weighted by Gasteiger charge is 2.11. The van der Waals surface area contributed by atoms with E-state index in [0.717, 1.165) is 54.8 Å². The molecule has 5 nitrogen and oxygen atoms in total. The van der Waals surface area contributed by atoms with Crippen LogP contribution in [-0.4, -0.2) is 57.2 Å². The first-order valence-corrected chi connectivity index (χ1v) is 9.24. The van der Waals surface area contributed by atoms with Gasteiger partial charge < -0.3 is 19.7 Å². The van der Waals surface area contributed by atoms with Crippen LogP contribution in [0.2, 0.25) is 0 Å². The van der Waals surface area contributed by atoms with Gasteiger partial charge in [0.05, 0.1) is 14.2 Å². The molecule has 1 rings (SSSR count). The summed E-state index contributed by atoms with van der Waals surface area (Å²) in [6.45, 7) is 4.50. The normalized spacial score (nSPS) is 10.8. The Labute approximate surface area is 167 Å². The third-order valence-electron chi connectivity index (χ3n) is 3.37. The van der Waals surface area contributed by atoms with Crippen molar-refractivity contribution in [3.63, 3.8) is 0 Å². The Kier molecular flexibility index (Phi) is 13.0. The van der Waals surface area contributed by atoms with Crippen LogP contribution in [0.5, 0.6) is 11.5 Å². The maximum atomic E-state index is 5.47. The average molecular weight is 467 g/mol. The minimum absolute atomic E-state index is 0. The molecule has 0 amide bonds. The molecule has 0 fully saturated rings. The number of aliphatic imine (C=N–C) groups is 1. The second kappa shape index (κ2) is 13.5. The van der Waals surface area contributed by atoms with E-state index >= 15 is 0 Å². The highest BCUT2D eigenvalue weighted by Crippen LogP contribution is 2.25. The third-order valence-corrected chi connectivity index (χ3v) is 4.06. The lowest BCUT2D eigenvalue weighted by Crippen LogP contribution is -2.38. The molecule has 7 heteroatoms. The summed E-state index contributed by atoms with van der Waals surface area (Å²) in [5, 5.41) is 3.34. The molecule has 24 heavy (non-hydrogen) atoms. The smallest absolute Gasteiger partial charge is 0.193 e. The maximum absolute atomic E-state index is 5.47. The SMILES string of the molecule is CCNC(=NCCCSC)N(C)Cc1ccc(OC)cc1OC.I. The van der Waals surface area contributed by atoms with Crippen LogP contribution in [0.1, 0.15) is 18.9 Å². The number of hydrogen-bond acceptors (Lipinski definition) is 4. The largest absolute Gasteiger partial charge is 0.497 e. The number of halogens is 1. The lowest BCUT2D eigenvalue weighted by atomic mass is 10.2. The van der Waals surface area contributed by atoms with Gasteiger partial charge in [0.15, 0.2) is 5.96 Å². The third kappa shape index (κ3) is 7.83. The van der Waals surface area contributed by atoms with Crippen LogP contribution in [0.3, 0.4) is 0 Å². The molecule has 0 spiro atoms. The minimum Gasteiger partial charge on any atom is -0.497 e. The van der Waals surface area contributed by atoms with Gasteiger partial charge in [0.2, 0.25) is 0 Å². The maximum Gasteiger partial charge on any atom is 0.193 e. The first kappa shape index (κ1) is 23.2. The summed E-state index contributed by atoms with van der Waals surface area (Å²) in [5.41, 5.74) is 1.10. The van der Waals surface area contributed by atoms with Gasteiger partial charge in [-0.2, -0.15) is 11.8 Å². The molecule has 0 saturated carbocycles. The van der Waals surface area contributed by atoms with E-state index in [-0.39, 0.29) is 24.0 Å². The molecular formula is C17H30IN3O2S. The Morgan fingerprint density at radius 3 is 2.62 bits per heavy atom. The van der Waals surface area contributed by atoms with Crippen molar-refractivity contribution in [3.8, 4) is 11.5 Å². The first-order chi connectivity index (χ1) is 11.2. The van der Waals surface area contributed by atoms with Gasteiger partial charge in [-0.3, -0.25) is 4.99 Å². The van der Waals surface area contributed by atoms with Gasteiger partial charge in [-0.1, -0.05) is 0 Å². The van der Waals surface area contributed by atoms with Crippen LogP contribution in [0.15, 0.2) is 23.2 Å². The Morgan fingerprint density at radius 2 is 2.04 bits per heavy atom. The molecular weight excluding hydrogens is 437 g/mol. The van der Waals surface area contributed by atoms with Crippen molar-refractivity contribution in [2.24, 2.45) is 4.99 Å². The van der Waals surface area contributed by atoms with E-state index in [1.165, 1.54) is 0 Å². The van der Waals surface area contributed by atoms with E-state index in [1.807, 2.05) is 37.0 Å². The predicted molar refractivity (Wildman–Crippen MR) is 115 cm³/mol. The number of rotatable bonds is 9. The monoisotopic (exact) mass is 467 g/mol. The summed E-state index contributed by atoms with van der Waals surface area (Å²) in [5.74, 6) is 3.69. The summed E-state index contributed by atoms with van der Waals surface area (Å²) in [4.78, 5) is 6.81. The molecule has 0 bridgehead atoms. The molecule has 1 aromatic carbocycles. The summed E-state index contributed by atoms with van der Waals surface area (Å²) in [6, 6.07) is 5.89. The highest BCUT2D eigenvalue weighted by molar-refractivity contribution is 14.0. The lowest BCUT2D eigenvalue weighted by molar-refractivity contribution is 0.382. The van der Waals surface area contributed by atoms with Crippen molar-refractivity contribution < 1.29 is 9.47 Å². The Bertz CT molecular complexity index is 501. The lowest BCUT2D eigenvalue weighted by Gasteiger charge is -2.23. The molecule has 0 aromatic heterocycles. The number of hydrogen-bond donors (Lipinski definition) is 1. The topological polar surface area (TPSA) is 46.1 Å². The van der Waals surface area contributed by atoms with E-state index in [1.54, 1.807) is 14.2 Å². The zero-order valence-corrected chi connectivity index (χ0v) is 18.4. The Balaban J connectivity index is 0.00000529. The van der Waals surface area contributed by atoms with Gasteiger partial charge >= 0.3 is 0 Å². The number of nitrogens with zero attached hydrogens (tertiary/aromatic N) is 2. The number of benzene rings is 1. The van der Waals surface area contributed by atoms with E-state index < -0.39 is 0 Å². The summed E-state index contributed by atoms with van der Waals surface area (Å²) in [6.07, 6.45) is 3.22. The number of guanidine groups is 1. The molecule has 1 aromatic rings. The molecule has 0 saturated heterocycles. The summed E-state index contributed by atoms with van der Waals surface area (Å²) in [7, 11) is 5.38. The van der Waals surface area contributed by atoms with Gasteiger partial charge in [-0.15, -0.1) is 24.0 Å². The van der Waals surface area contributed by atoms with Crippen molar-refractivity contribution in [1.29, 1.82) is 0 Å². The second-order valence-electron chi connectivity index (χ2n) is 5.12. The standard InChI is InChI=1S/C17H29N3O2S.HI/c1-6-18-17(19-10-7-11-23-5)20(2)13-14-8-9-15(21-3)12-16(14)22-4;/h8-9,12H,6-7,10-11,13H2,1-5H3,(H,18,19);1H.